The van der Waals surface area contributed by atoms with Crippen molar-refractivity contribution in [2.45, 2.75) is 44.8 Å². The van der Waals surface area contributed by atoms with Crippen molar-refractivity contribution in [2.24, 2.45) is 0 Å². The number of carbonyl (C=O) groups is 2. The van der Waals surface area contributed by atoms with Gasteiger partial charge in [0.15, 0.2) is 17.6 Å². The molecule has 0 aliphatic heterocycles. The molecule has 6 nitrogen and oxygen atoms in total. The summed E-state index contributed by atoms with van der Waals surface area (Å²) in [6.45, 7) is 1.57. The van der Waals surface area contributed by atoms with E-state index in [1.807, 2.05) is 0 Å². The maximum absolute atomic E-state index is 12.2. The van der Waals surface area contributed by atoms with Gasteiger partial charge in [-0.1, -0.05) is 12.8 Å². The molecule has 0 spiro atoms. The predicted octanol–water partition coefficient (Wildman–Crippen LogP) is 2.31. The zero-order valence-corrected chi connectivity index (χ0v) is 13.8. The lowest BCUT2D eigenvalue weighted by atomic mass is 10.2. The Labute approximate surface area is 136 Å². The number of methoxy groups -OCH3 is 2. The van der Waals surface area contributed by atoms with E-state index in [0.717, 1.165) is 25.7 Å². The van der Waals surface area contributed by atoms with Gasteiger partial charge in [-0.25, -0.2) is 4.79 Å². The molecule has 1 aromatic carbocycles. The molecule has 1 aromatic rings. The smallest absolute Gasteiger partial charge is 0.339 e. The summed E-state index contributed by atoms with van der Waals surface area (Å²) in [5.41, 5.74) is 0.308. The molecule has 23 heavy (non-hydrogen) atoms. The highest BCUT2D eigenvalue weighted by molar-refractivity contribution is 5.92. The molecular formula is C17H23NO5. The van der Waals surface area contributed by atoms with Gasteiger partial charge in [-0.15, -0.1) is 0 Å². The third-order valence-corrected chi connectivity index (χ3v) is 3.97. The molecule has 2 rings (SSSR count). The molecular weight excluding hydrogens is 298 g/mol. The van der Waals surface area contributed by atoms with Crippen molar-refractivity contribution in [3.8, 4) is 11.5 Å². The van der Waals surface area contributed by atoms with E-state index in [1.54, 1.807) is 19.1 Å². The molecule has 0 bridgehead atoms. The summed E-state index contributed by atoms with van der Waals surface area (Å²) in [5, 5.41) is 2.92. The maximum atomic E-state index is 12.2. The van der Waals surface area contributed by atoms with E-state index in [1.165, 1.54) is 20.3 Å². The minimum atomic E-state index is -0.837. The van der Waals surface area contributed by atoms with E-state index in [-0.39, 0.29) is 11.9 Å². The van der Waals surface area contributed by atoms with Gasteiger partial charge in [0.2, 0.25) is 0 Å². The molecule has 1 amide bonds. The first-order chi connectivity index (χ1) is 11.0. The molecule has 1 N–H and O–H groups in total. The molecule has 1 fully saturated rings. The van der Waals surface area contributed by atoms with Crippen LogP contribution in [0.3, 0.4) is 0 Å². The van der Waals surface area contributed by atoms with E-state index in [9.17, 15) is 9.59 Å². The van der Waals surface area contributed by atoms with Crippen LogP contribution in [0.2, 0.25) is 0 Å². The first-order valence-electron chi connectivity index (χ1n) is 7.78. The summed E-state index contributed by atoms with van der Waals surface area (Å²) in [4.78, 5) is 24.2. The fraction of sp³-hybridized carbons (Fsp3) is 0.529. The lowest BCUT2D eigenvalue weighted by Gasteiger charge is -2.17. The van der Waals surface area contributed by atoms with Crippen molar-refractivity contribution >= 4 is 11.9 Å². The van der Waals surface area contributed by atoms with Gasteiger partial charge in [-0.05, 0) is 38.0 Å². The molecule has 0 unspecified atom stereocenters. The van der Waals surface area contributed by atoms with Crippen LogP contribution in [0.5, 0.6) is 11.5 Å². The SMILES string of the molecule is COc1ccc(C(=O)O[C@H](C)C(=O)NC2CCCC2)cc1OC. The molecule has 0 saturated heterocycles. The lowest BCUT2D eigenvalue weighted by Crippen LogP contribution is -2.40. The summed E-state index contributed by atoms with van der Waals surface area (Å²) < 4.78 is 15.5. The van der Waals surface area contributed by atoms with E-state index < -0.39 is 12.1 Å². The molecule has 0 radical (unpaired) electrons. The quantitative estimate of drug-likeness (QED) is 0.814. The van der Waals surface area contributed by atoms with Crippen molar-refractivity contribution in [1.29, 1.82) is 0 Å². The Kier molecular flexibility index (Phi) is 5.84. The monoisotopic (exact) mass is 321 g/mol. The minimum absolute atomic E-state index is 0.199. The fourth-order valence-corrected chi connectivity index (χ4v) is 2.63. The van der Waals surface area contributed by atoms with Crippen molar-refractivity contribution in [3.05, 3.63) is 23.8 Å². The van der Waals surface area contributed by atoms with Crippen LogP contribution in [0.1, 0.15) is 43.0 Å². The summed E-state index contributed by atoms with van der Waals surface area (Å²) >= 11 is 0. The number of amides is 1. The molecule has 1 aliphatic carbocycles. The van der Waals surface area contributed by atoms with Gasteiger partial charge in [0.05, 0.1) is 19.8 Å². The average molecular weight is 321 g/mol. The molecule has 1 aliphatic rings. The van der Waals surface area contributed by atoms with Crippen LogP contribution in [0.4, 0.5) is 0 Å². The molecule has 6 heteroatoms. The third kappa shape index (κ3) is 4.37. The van der Waals surface area contributed by atoms with Crippen molar-refractivity contribution in [3.63, 3.8) is 0 Å². The van der Waals surface area contributed by atoms with Crippen molar-refractivity contribution < 1.29 is 23.8 Å². The minimum Gasteiger partial charge on any atom is -0.493 e. The van der Waals surface area contributed by atoms with Crippen molar-refractivity contribution in [2.75, 3.05) is 14.2 Å². The van der Waals surface area contributed by atoms with Crippen LogP contribution in [0.25, 0.3) is 0 Å². The highest BCUT2D eigenvalue weighted by atomic mass is 16.5. The second-order valence-corrected chi connectivity index (χ2v) is 5.61. The summed E-state index contributed by atoms with van der Waals surface area (Å²) in [6, 6.07) is 4.93. The molecule has 1 saturated carbocycles. The number of nitrogens with one attached hydrogen (secondary N) is 1. The zero-order chi connectivity index (χ0) is 16.8. The van der Waals surface area contributed by atoms with Gasteiger partial charge in [-0.2, -0.15) is 0 Å². The molecule has 126 valence electrons. The first kappa shape index (κ1) is 17.1. The zero-order valence-electron chi connectivity index (χ0n) is 13.8. The topological polar surface area (TPSA) is 73.9 Å². The van der Waals surface area contributed by atoms with Crippen LogP contribution < -0.4 is 14.8 Å². The number of ether oxygens (including phenoxy) is 3. The van der Waals surface area contributed by atoms with Gasteiger partial charge in [0.1, 0.15) is 0 Å². The van der Waals surface area contributed by atoms with Gasteiger partial charge < -0.3 is 19.5 Å². The Hall–Kier alpha value is -2.24. The Morgan fingerprint density at radius 1 is 1.13 bits per heavy atom. The lowest BCUT2D eigenvalue weighted by molar-refractivity contribution is -0.129. The second-order valence-electron chi connectivity index (χ2n) is 5.61. The average Bonchev–Trinajstić information content (AvgIpc) is 3.06. The number of rotatable bonds is 6. The van der Waals surface area contributed by atoms with Crippen LogP contribution in [0.15, 0.2) is 18.2 Å². The highest BCUT2D eigenvalue weighted by Gasteiger charge is 2.23. The van der Waals surface area contributed by atoms with Gasteiger partial charge in [0.25, 0.3) is 5.91 Å². The number of esters is 1. The Bertz CT molecular complexity index is 566. The predicted molar refractivity (Wildman–Crippen MR) is 84.8 cm³/mol. The summed E-state index contributed by atoms with van der Waals surface area (Å²) in [6.07, 6.45) is 3.40. The standard InChI is InChI=1S/C17H23NO5/c1-11(16(19)18-13-6-4-5-7-13)23-17(20)12-8-9-14(21-2)15(10-12)22-3/h8-11,13H,4-7H2,1-3H3,(H,18,19)/t11-/m1/s1. The van der Waals surface area contributed by atoms with Crippen LogP contribution in [-0.2, 0) is 9.53 Å². The Balaban J connectivity index is 1.96. The van der Waals surface area contributed by atoms with Gasteiger partial charge >= 0.3 is 5.97 Å². The van der Waals surface area contributed by atoms with Crippen LogP contribution in [-0.4, -0.2) is 38.2 Å². The molecule has 0 heterocycles. The summed E-state index contributed by atoms with van der Waals surface area (Å²) in [5.74, 6) is 0.131. The highest BCUT2D eigenvalue weighted by Crippen LogP contribution is 2.28. The first-order valence-corrected chi connectivity index (χ1v) is 7.78. The molecule has 1 atom stereocenters. The van der Waals surface area contributed by atoms with Gasteiger partial charge in [-0.3, -0.25) is 4.79 Å². The number of carbonyl (C=O) groups excluding carboxylic acids is 2. The normalized spacial score (nSPS) is 15.8. The number of hydrogen-bond donors (Lipinski definition) is 1. The van der Waals surface area contributed by atoms with Gasteiger partial charge in [0, 0.05) is 6.04 Å². The van der Waals surface area contributed by atoms with Crippen LogP contribution in [0, 0.1) is 0 Å². The Morgan fingerprint density at radius 3 is 2.39 bits per heavy atom. The van der Waals surface area contributed by atoms with Crippen LogP contribution >= 0.6 is 0 Å². The fourth-order valence-electron chi connectivity index (χ4n) is 2.63. The van der Waals surface area contributed by atoms with E-state index in [0.29, 0.717) is 17.1 Å². The Morgan fingerprint density at radius 2 is 1.78 bits per heavy atom. The number of benzene rings is 1. The number of hydrogen-bond acceptors (Lipinski definition) is 5. The van der Waals surface area contributed by atoms with E-state index >= 15 is 0 Å². The molecule has 0 aromatic heterocycles. The van der Waals surface area contributed by atoms with E-state index in [2.05, 4.69) is 5.32 Å². The largest absolute Gasteiger partial charge is 0.493 e. The maximum Gasteiger partial charge on any atom is 0.339 e. The third-order valence-electron chi connectivity index (χ3n) is 3.97. The van der Waals surface area contributed by atoms with Crippen molar-refractivity contribution in [1.82, 2.24) is 5.32 Å². The second kappa shape index (κ2) is 7.85. The summed E-state index contributed by atoms with van der Waals surface area (Å²) in [7, 11) is 3.01. The van der Waals surface area contributed by atoms with E-state index in [4.69, 9.17) is 14.2 Å².